The molecular weight excluding hydrogens is 303 g/mol. The standard InChI is InChI=1S/C15H13Cl2F2N/c1-2-20-15(10-7-6-9(16)8-12(10)17)11-4-3-5-13(18)14(11)19/h3-8,15,20H,2H2,1H3. The Kier molecular flexibility index (Phi) is 4.97. The molecule has 1 nitrogen and oxygen atoms in total. The summed E-state index contributed by atoms with van der Waals surface area (Å²) >= 11 is 12.0. The summed E-state index contributed by atoms with van der Waals surface area (Å²) in [5, 5.41) is 4.01. The van der Waals surface area contributed by atoms with E-state index in [1.54, 1.807) is 18.2 Å². The lowest BCUT2D eigenvalue weighted by Gasteiger charge is -2.21. The first kappa shape index (κ1) is 15.2. The summed E-state index contributed by atoms with van der Waals surface area (Å²) in [6.45, 7) is 2.47. The van der Waals surface area contributed by atoms with Gasteiger partial charge >= 0.3 is 0 Å². The summed E-state index contributed by atoms with van der Waals surface area (Å²) in [4.78, 5) is 0. The normalized spacial score (nSPS) is 12.4. The van der Waals surface area contributed by atoms with Crippen molar-refractivity contribution in [3.8, 4) is 0 Å². The minimum Gasteiger partial charge on any atom is -0.306 e. The predicted octanol–water partition coefficient (Wildman–Crippen LogP) is 4.97. The zero-order chi connectivity index (χ0) is 14.7. The van der Waals surface area contributed by atoms with Crippen molar-refractivity contribution in [1.82, 2.24) is 5.32 Å². The third-order valence-corrected chi connectivity index (χ3v) is 3.54. The van der Waals surface area contributed by atoms with E-state index in [2.05, 4.69) is 5.32 Å². The minimum absolute atomic E-state index is 0.219. The fraction of sp³-hybridized carbons (Fsp3) is 0.200. The first-order valence-corrected chi connectivity index (χ1v) is 6.92. The molecule has 1 unspecified atom stereocenters. The van der Waals surface area contributed by atoms with Crippen LogP contribution in [0.1, 0.15) is 24.1 Å². The number of hydrogen-bond acceptors (Lipinski definition) is 1. The van der Waals surface area contributed by atoms with Gasteiger partial charge in [0.25, 0.3) is 0 Å². The van der Waals surface area contributed by atoms with Crippen LogP contribution in [-0.4, -0.2) is 6.54 Å². The van der Waals surface area contributed by atoms with Crippen molar-refractivity contribution in [1.29, 1.82) is 0 Å². The highest BCUT2D eigenvalue weighted by Gasteiger charge is 2.21. The number of halogens is 4. The minimum atomic E-state index is -0.879. The van der Waals surface area contributed by atoms with Gasteiger partial charge < -0.3 is 5.32 Å². The third kappa shape index (κ3) is 3.11. The van der Waals surface area contributed by atoms with Crippen LogP contribution in [0.5, 0.6) is 0 Å². The van der Waals surface area contributed by atoms with Crippen LogP contribution in [0, 0.1) is 11.6 Å². The molecule has 0 amide bonds. The lowest BCUT2D eigenvalue weighted by Crippen LogP contribution is -2.23. The highest BCUT2D eigenvalue weighted by atomic mass is 35.5. The second-order valence-electron chi connectivity index (χ2n) is 4.30. The van der Waals surface area contributed by atoms with Crippen molar-refractivity contribution in [2.24, 2.45) is 0 Å². The number of nitrogens with one attached hydrogen (secondary N) is 1. The number of hydrogen-bond donors (Lipinski definition) is 1. The largest absolute Gasteiger partial charge is 0.306 e. The van der Waals surface area contributed by atoms with Crippen LogP contribution >= 0.6 is 23.2 Å². The zero-order valence-corrected chi connectivity index (χ0v) is 12.3. The van der Waals surface area contributed by atoms with Gasteiger partial charge in [0.2, 0.25) is 0 Å². The zero-order valence-electron chi connectivity index (χ0n) is 10.8. The van der Waals surface area contributed by atoms with Gasteiger partial charge in [0.1, 0.15) is 0 Å². The molecule has 1 N–H and O–H groups in total. The molecule has 0 aliphatic rings. The van der Waals surface area contributed by atoms with Crippen LogP contribution in [0.25, 0.3) is 0 Å². The molecule has 0 saturated carbocycles. The van der Waals surface area contributed by atoms with Gasteiger partial charge in [0.05, 0.1) is 6.04 Å². The Morgan fingerprint density at radius 2 is 1.85 bits per heavy atom. The van der Waals surface area contributed by atoms with Crippen molar-refractivity contribution < 1.29 is 8.78 Å². The highest BCUT2D eigenvalue weighted by molar-refractivity contribution is 6.35. The summed E-state index contributed by atoms with van der Waals surface area (Å²) in [5.41, 5.74) is 0.874. The van der Waals surface area contributed by atoms with Gasteiger partial charge in [-0.05, 0) is 30.3 Å². The molecule has 0 heterocycles. The summed E-state index contributed by atoms with van der Waals surface area (Å²) < 4.78 is 27.4. The smallest absolute Gasteiger partial charge is 0.163 e. The number of benzene rings is 2. The molecular formula is C15H13Cl2F2N. The average Bonchev–Trinajstić information content (AvgIpc) is 2.40. The van der Waals surface area contributed by atoms with Gasteiger partial charge in [-0.25, -0.2) is 8.78 Å². The lowest BCUT2D eigenvalue weighted by atomic mass is 9.98. The maximum atomic E-state index is 14.0. The molecule has 0 fully saturated rings. The Bertz CT molecular complexity index is 617. The summed E-state index contributed by atoms with van der Waals surface area (Å²) in [5.74, 6) is -1.75. The van der Waals surface area contributed by atoms with Crippen molar-refractivity contribution >= 4 is 23.2 Å². The van der Waals surface area contributed by atoms with Crippen molar-refractivity contribution in [2.75, 3.05) is 6.54 Å². The Morgan fingerprint density at radius 3 is 2.50 bits per heavy atom. The van der Waals surface area contributed by atoms with Crippen LogP contribution in [0.2, 0.25) is 10.0 Å². The van der Waals surface area contributed by atoms with Crippen LogP contribution in [0.4, 0.5) is 8.78 Å². The first-order chi connectivity index (χ1) is 9.54. The van der Waals surface area contributed by atoms with Crippen LogP contribution in [-0.2, 0) is 0 Å². The maximum Gasteiger partial charge on any atom is 0.163 e. The van der Waals surface area contributed by atoms with Crippen LogP contribution < -0.4 is 5.32 Å². The monoisotopic (exact) mass is 315 g/mol. The molecule has 1 atom stereocenters. The van der Waals surface area contributed by atoms with E-state index in [1.807, 2.05) is 6.92 Å². The SMILES string of the molecule is CCNC(c1ccc(Cl)cc1Cl)c1cccc(F)c1F. The molecule has 0 aromatic heterocycles. The Hall–Kier alpha value is -1.16. The van der Waals surface area contributed by atoms with Crippen molar-refractivity contribution in [2.45, 2.75) is 13.0 Å². The fourth-order valence-electron chi connectivity index (χ4n) is 2.07. The van der Waals surface area contributed by atoms with E-state index >= 15 is 0 Å². The highest BCUT2D eigenvalue weighted by Crippen LogP contribution is 2.32. The van der Waals surface area contributed by atoms with E-state index in [4.69, 9.17) is 23.2 Å². The molecule has 0 radical (unpaired) electrons. The topological polar surface area (TPSA) is 12.0 Å². The fourth-order valence-corrected chi connectivity index (χ4v) is 2.59. The molecule has 0 aliphatic carbocycles. The van der Waals surface area contributed by atoms with Crippen molar-refractivity contribution in [3.63, 3.8) is 0 Å². The molecule has 20 heavy (non-hydrogen) atoms. The molecule has 0 aliphatic heterocycles. The van der Waals surface area contributed by atoms with E-state index in [9.17, 15) is 8.78 Å². The Labute approximate surface area is 126 Å². The predicted molar refractivity (Wildman–Crippen MR) is 78.3 cm³/mol. The first-order valence-electron chi connectivity index (χ1n) is 6.16. The van der Waals surface area contributed by atoms with E-state index in [0.717, 1.165) is 6.07 Å². The molecule has 0 spiro atoms. The van der Waals surface area contributed by atoms with Gasteiger partial charge in [-0.15, -0.1) is 0 Å². The van der Waals surface area contributed by atoms with E-state index in [-0.39, 0.29) is 5.56 Å². The average molecular weight is 316 g/mol. The molecule has 2 aromatic carbocycles. The summed E-state index contributed by atoms with van der Waals surface area (Å²) in [7, 11) is 0. The Balaban J connectivity index is 2.53. The quantitative estimate of drug-likeness (QED) is 0.840. The van der Waals surface area contributed by atoms with Gasteiger partial charge in [0, 0.05) is 15.6 Å². The second-order valence-corrected chi connectivity index (χ2v) is 5.14. The van der Waals surface area contributed by atoms with Crippen LogP contribution in [0.15, 0.2) is 36.4 Å². The molecule has 2 rings (SSSR count). The van der Waals surface area contributed by atoms with Crippen LogP contribution in [0.3, 0.4) is 0 Å². The van der Waals surface area contributed by atoms with E-state index in [1.165, 1.54) is 12.1 Å². The maximum absolute atomic E-state index is 14.0. The summed E-state index contributed by atoms with van der Waals surface area (Å²) in [6, 6.07) is 8.54. The molecule has 106 valence electrons. The second kappa shape index (κ2) is 6.53. The van der Waals surface area contributed by atoms with E-state index in [0.29, 0.717) is 22.2 Å². The lowest BCUT2D eigenvalue weighted by molar-refractivity contribution is 0.483. The van der Waals surface area contributed by atoms with Crippen molar-refractivity contribution in [3.05, 3.63) is 69.2 Å². The van der Waals surface area contributed by atoms with Gasteiger partial charge in [-0.2, -0.15) is 0 Å². The molecule has 0 saturated heterocycles. The molecule has 5 heteroatoms. The third-order valence-electron chi connectivity index (χ3n) is 2.97. The summed E-state index contributed by atoms with van der Waals surface area (Å²) in [6.07, 6.45) is 0. The number of rotatable bonds is 4. The van der Waals surface area contributed by atoms with Gasteiger partial charge in [0.15, 0.2) is 11.6 Å². The van der Waals surface area contributed by atoms with Gasteiger partial charge in [-0.3, -0.25) is 0 Å². The van der Waals surface area contributed by atoms with E-state index < -0.39 is 17.7 Å². The molecule has 0 bridgehead atoms. The Morgan fingerprint density at radius 1 is 1.10 bits per heavy atom. The molecule has 2 aromatic rings. The van der Waals surface area contributed by atoms with Gasteiger partial charge in [-0.1, -0.05) is 48.3 Å².